The van der Waals surface area contributed by atoms with E-state index in [1.165, 1.54) is 13.8 Å². The molecule has 0 radical (unpaired) electrons. The van der Waals surface area contributed by atoms with Gasteiger partial charge in [-0.3, -0.25) is 9.36 Å². The van der Waals surface area contributed by atoms with Crippen molar-refractivity contribution in [1.29, 1.82) is 0 Å². The minimum absolute atomic E-state index is 0.0741. The Hall–Kier alpha value is -2.98. The second-order valence-corrected chi connectivity index (χ2v) is 5.91. The van der Waals surface area contributed by atoms with E-state index in [4.69, 9.17) is 5.11 Å². The van der Waals surface area contributed by atoms with Crippen LogP contribution in [0, 0.1) is 17.6 Å². The number of nitrogens with one attached hydrogen (secondary N) is 1. The van der Waals surface area contributed by atoms with Crippen LogP contribution in [0.5, 0.6) is 0 Å². The number of para-hydroxylation sites is 1. The summed E-state index contributed by atoms with van der Waals surface area (Å²) in [6, 6.07) is 0.982. The average Bonchev–Trinajstić information content (AvgIpc) is 2.96. The average molecular weight is 391 g/mol. The summed E-state index contributed by atoms with van der Waals surface area (Å²) in [5.74, 6) is -6.11. The predicted molar refractivity (Wildman–Crippen MR) is 82.2 cm³/mol. The Morgan fingerprint density at radius 3 is 2.19 bits per heavy atom. The molecule has 1 aromatic carbocycles. The second kappa shape index (κ2) is 7.33. The number of carbonyl (C=O) groups is 2. The van der Waals surface area contributed by atoms with Crippen molar-refractivity contribution >= 4 is 11.9 Å². The largest absolute Gasteiger partial charge is 0.480 e. The van der Waals surface area contributed by atoms with Crippen LogP contribution in [0.3, 0.4) is 0 Å². The van der Waals surface area contributed by atoms with Gasteiger partial charge in [0.15, 0.2) is 11.4 Å². The molecule has 0 saturated heterocycles. The molecule has 0 saturated carbocycles. The van der Waals surface area contributed by atoms with Gasteiger partial charge in [0.25, 0.3) is 5.91 Å². The highest BCUT2D eigenvalue weighted by Crippen LogP contribution is 2.34. The van der Waals surface area contributed by atoms with Gasteiger partial charge in [0.05, 0.1) is 0 Å². The number of rotatable bonds is 5. The molecule has 0 aliphatic rings. The van der Waals surface area contributed by atoms with Gasteiger partial charge >= 0.3 is 12.1 Å². The van der Waals surface area contributed by atoms with Crippen molar-refractivity contribution in [3.05, 3.63) is 47.5 Å². The van der Waals surface area contributed by atoms with Crippen LogP contribution >= 0.6 is 0 Å². The molecule has 27 heavy (non-hydrogen) atoms. The fraction of sp³-hybridized carbons (Fsp3) is 0.312. The molecule has 1 aromatic heterocycles. The molecule has 1 heterocycles. The number of alkyl halides is 3. The molecule has 2 aromatic rings. The minimum atomic E-state index is -5.20. The number of carbonyl (C=O) groups excluding carboxylic acids is 1. The van der Waals surface area contributed by atoms with E-state index < -0.39 is 58.7 Å². The lowest BCUT2D eigenvalue weighted by Crippen LogP contribution is -2.45. The summed E-state index contributed by atoms with van der Waals surface area (Å²) < 4.78 is 68.4. The van der Waals surface area contributed by atoms with E-state index in [0.29, 0.717) is 6.33 Å². The van der Waals surface area contributed by atoms with E-state index in [9.17, 15) is 31.5 Å². The van der Waals surface area contributed by atoms with Gasteiger partial charge in [-0.05, 0) is 18.1 Å². The van der Waals surface area contributed by atoms with Crippen molar-refractivity contribution in [2.24, 2.45) is 5.92 Å². The third-order valence-corrected chi connectivity index (χ3v) is 3.65. The van der Waals surface area contributed by atoms with Crippen LogP contribution in [0.4, 0.5) is 22.0 Å². The third kappa shape index (κ3) is 4.07. The fourth-order valence-corrected chi connectivity index (χ4v) is 2.40. The molecule has 0 aliphatic carbocycles. The number of amides is 1. The molecule has 0 spiro atoms. The fourth-order valence-electron chi connectivity index (χ4n) is 2.40. The Labute approximate surface area is 149 Å². The lowest BCUT2D eigenvalue weighted by molar-refractivity contribution is -0.142. The van der Waals surface area contributed by atoms with Gasteiger partial charge in [-0.2, -0.15) is 13.2 Å². The number of benzene rings is 1. The summed E-state index contributed by atoms with van der Waals surface area (Å²) in [5, 5.41) is 11.0. The van der Waals surface area contributed by atoms with E-state index >= 15 is 0 Å². The van der Waals surface area contributed by atoms with E-state index in [2.05, 4.69) is 4.98 Å². The number of halogens is 5. The van der Waals surface area contributed by atoms with Crippen LogP contribution in [-0.2, 0) is 11.0 Å². The molecule has 2 rings (SSSR count). The second-order valence-electron chi connectivity index (χ2n) is 5.91. The number of hydrogen-bond donors (Lipinski definition) is 2. The molecule has 1 amide bonds. The summed E-state index contributed by atoms with van der Waals surface area (Å²) in [7, 11) is 0. The van der Waals surface area contributed by atoms with E-state index in [0.717, 1.165) is 18.2 Å². The van der Waals surface area contributed by atoms with Crippen LogP contribution in [0.15, 0.2) is 24.5 Å². The highest BCUT2D eigenvalue weighted by atomic mass is 19.4. The number of hydrogen-bond acceptors (Lipinski definition) is 3. The van der Waals surface area contributed by atoms with Gasteiger partial charge in [0.2, 0.25) is 0 Å². The smallest absolute Gasteiger partial charge is 0.434 e. The lowest BCUT2D eigenvalue weighted by Gasteiger charge is -2.18. The number of imidazole rings is 1. The highest BCUT2D eigenvalue weighted by molar-refractivity contribution is 5.96. The van der Waals surface area contributed by atoms with Crippen molar-refractivity contribution in [1.82, 2.24) is 14.9 Å². The maximum Gasteiger partial charge on any atom is 0.434 e. The summed E-state index contributed by atoms with van der Waals surface area (Å²) in [5.41, 5.74) is -3.98. The first-order chi connectivity index (χ1) is 12.4. The van der Waals surface area contributed by atoms with Crippen LogP contribution in [-0.4, -0.2) is 32.6 Å². The van der Waals surface area contributed by atoms with Crippen LogP contribution in [0.2, 0.25) is 0 Å². The molecular weight excluding hydrogens is 377 g/mol. The zero-order valence-electron chi connectivity index (χ0n) is 14.0. The minimum Gasteiger partial charge on any atom is -0.480 e. The van der Waals surface area contributed by atoms with Gasteiger partial charge in [-0.25, -0.2) is 18.6 Å². The normalized spacial score (nSPS) is 12.9. The Kier molecular flexibility index (Phi) is 5.52. The van der Waals surface area contributed by atoms with Gasteiger partial charge in [-0.15, -0.1) is 0 Å². The maximum atomic E-state index is 13.9. The monoisotopic (exact) mass is 391 g/mol. The molecule has 11 heteroatoms. The molecule has 1 atom stereocenters. The molecule has 2 N–H and O–H groups in total. The topological polar surface area (TPSA) is 84.2 Å². The zero-order chi connectivity index (χ0) is 20.5. The summed E-state index contributed by atoms with van der Waals surface area (Å²) in [6.45, 7) is 2.88. The number of aliphatic carboxylic acids is 1. The molecule has 0 aliphatic heterocycles. The summed E-state index contributed by atoms with van der Waals surface area (Å²) in [4.78, 5) is 26.7. The van der Waals surface area contributed by atoms with Crippen LogP contribution in [0.1, 0.15) is 30.0 Å². The van der Waals surface area contributed by atoms with Crippen LogP contribution in [0.25, 0.3) is 5.69 Å². The Morgan fingerprint density at radius 1 is 1.19 bits per heavy atom. The van der Waals surface area contributed by atoms with Crippen molar-refractivity contribution in [3.8, 4) is 5.69 Å². The highest BCUT2D eigenvalue weighted by Gasteiger charge is 2.42. The van der Waals surface area contributed by atoms with Gasteiger partial charge in [0, 0.05) is 0 Å². The Morgan fingerprint density at radius 2 is 1.74 bits per heavy atom. The molecule has 0 fully saturated rings. The number of carboxylic acid groups (broad SMARTS) is 1. The number of aromatic nitrogens is 2. The summed E-state index contributed by atoms with van der Waals surface area (Å²) in [6.07, 6.45) is -4.75. The summed E-state index contributed by atoms with van der Waals surface area (Å²) >= 11 is 0. The van der Waals surface area contributed by atoms with Gasteiger partial charge in [-0.1, -0.05) is 19.9 Å². The molecule has 0 bridgehead atoms. The molecule has 6 nitrogen and oxygen atoms in total. The first-order valence-electron chi connectivity index (χ1n) is 7.57. The number of carboxylic acids is 1. The lowest BCUT2D eigenvalue weighted by atomic mass is 10.0. The molecular formula is C16H14F5N3O3. The first-order valence-corrected chi connectivity index (χ1v) is 7.57. The van der Waals surface area contributed by atoms with Crippen molar-refractivity contribution in [2.75, 3.05) is 0 Å². The van der Waals surface area contributed by atoms with E-state index in [1.54, 1.807) is 0 Å². The maximum absolute atomic E-state index is 13.9. The van der Waals surface area contributed by atoms with Crippen molar-refractivity contribution < 1.29 is 36.6 Å². The van der Waals surface area contributed by atoms with Gasteiger partial charge in [0.1, 0.15) is 29.7 Å². The van der Waals surface area contributed by atoms with Crippen molar-refractivity contribution in [2.45, 2.75) is 26.1 Å². The van der Waals surface area contributed by atoms with Crippen LogP contribution < -0.4 is 5.32 Å². The van der Waals surface area contributed by atoms with Gasteiger partial charge < -0.3 is 10.4 Å². The standard InChI is InChI=1S/C16H14F5N3O3/c1-7(2)10(15(26)27)23-14(25)11-13(16(19,20)21)24(6-22-11)12-8(17)4-3-5-9(12)18/h3-7,10H,1-2H3,(H,23,25)(H,26,27). The Bertz CT molecular complexity index is 856. The number of nitrogens with zero attached hydrogens (tertiary/aromatic N) is 2. The molecule has 146 valence electrons. The Balaban J connectivity index is 2.59. The van der Waals surface area contributed by atoms with E-state index in [1.807, 2.05) is 5.32 Å². The quantitative estimate of drug-likeness (QED) is 0.768. The third-order valence-electron chi connectivity index (χ3n) is 3.65. The van der Waals surface area contributed by atoms with E-state index in [-0.39, 0.29) is 4.57 Å². The van der Waals surface area contributed by atoms with Crippen molar-refractivity contribution in [3.63, 3.8) is 0 Å². The zero-order valence-corrected chi connectivity index (χ0v) is 14.0. The predicted octanol–water partition coefficient (Wildman–Crippen LogP) is 3.01. The SMILES string of the molecule is CC(C)C(NC(=O)c1ncn(-c2c(F)cccc2F)c1C(F)(F)F)C(=O)O. The molecule has 1 unspecified atom stereocenters. The first kappa shape index (κ1) is 20.3.